The third-order valence-electron chi connectivity index (χ3n) is 8.33. The van der Waals surface area contributed by atoms with Gasteiger partial charge in [-0.15, -0.1) is 0 Å². The van der Waals surface area contributed by atoms with Crippen LogP contribution in [-0.2, 0) is 57.7 Å². The molecular formula is C39H49N7O9. The molecule has 0 aromatic heterocycles. The molecule has 6 amide bonds. The molecule has 0 radical (unpaired) electrons. The van der Waals surface area contributed by atoms with Gasteiger partial charge in [0.2, 0.25) is 35.4 Å². The van der Waals surface area contributed by atoms with E-state index in [0.29, 0.717) is 16.7 Å². The molecule has 294 valence electrons. The number of carbonyl (C=O) groups excluding carboxylic acids is 7. The summed E-state index contributed by atoms with van der Waals surface area (Å²) in [7, 11) is 0. The largest absolute Gasteiger partial charge is 0.508 e. The maximum atomic E-state index is 14.0. The molecule has 5 atom stereocenters. The normalized spacial score (nSPS) is 13.5. The SMILES string of the molecule is CC(C)[C@H](NC(=O)[C@H](CC(=O)OCc1ccccc1)NC(=O)[C@H](Cc1ccccc1)NC(=O)[C@@H](C)NC(=O)[C@@H](N)Cc1ccc(O)cc1)C(=O)NCC(N)=O. The number of hydrogen-bond acceptors (Lipinski definition) is 10. The van der Waals surface area contributed by atoms with Gasteiger partial charge in [0.25, 0.3) is 0 Å². The molecule has 0 saturated heterocycles. The van der Waals surface area contributed by atoms with Crippen LogP contribution >= 0.6 is 0 Å². The highest BCUT2D eigenvalue weighted by Crippen LogP contribution is 2.12. The molecule has 0 aliphatic rings. The number of phenols is 1. The van der Waals surface area contributed by atoms with Gasteiger partial charge in [-0.2, -0.15) is 0 Å². The lowest BCUT2D eigenvalue weighted by Gasteiger charge is -2.27. The first kappa shape index (κ1) is 43.1. The Labute approximate surface area is 319 Å². The van der Waals surface area contributed by atoms with Gasteiger partial charge in [-0.05, 0) is 48.1 Å². The highest BCUT2D eigenvalue weighted by molar-refractivity contribution is 5.97. The van der Waals surface area contributed by atoms with Crippen molar-refractivity contribution in [3.8, 4) is 5.75 Å². The Balaban J connectivity index is 1.80. The van der Waals surface area contributed by atoms with E-state index in [1.165, 1.54) is 19.1 Å². The molecular weight excluding hydrogens is 710 g/mol. The fraction of sp³-hybridized carbons (Fsp3) is 0.359. The maximum Gasteiger partial charge on any atom is 0.308 e. The summed E-state index contributed by atoms with van der Waals surface area (Å²) < 4.78 is 5.37. The van der Waals surface area contributed by atoms with Crippen LogP contribution in [0.4, 0.5) is 0 Å². The molecule has 0 unspecified atom stereocenters. The Kier molecular flexibility index (Phi) is 16.8. The number of carbonyl (C=O) groups is 7. The average molecular weight is 760 g/mol. The number of phenolic OH excluding ortho intramolecular Hbond substituents is 1. The predicted octanol–water partition coefficient (Wildman–Crippen LogP) is -0.145. The van der Waals surface area contributed by atoms with E-state index in [4.69, 9.17) is 16.2 Å². The maximum absolute atomic E-state index is 14.0. The van der Waals surface area contributed by atoms with Gasteiger partial charge in [-0.3, -0.25) is 33.6 Å². The second-order valence-electron chi connectivity index (χ2n) is 13.3. The first-order chi connectivity index (χ1) is 26.1. The Morgan fingerprint density at radius 2 is 1.18 bits per heavy atom. The van der Waals surface area contributed by atoms with Gasteiger partial charge in [0.05, 0.1) is 19.0 Å². The van der Waals surface area contributed by atoms with Crippen LogP contribution in [0.1, 0.15) is 43.9 Å². The summed E-state index contributed by atoms with van der Waals surface area (Å²) in [4.78, 5) is 91.2. The highest BCUT2D eigenvalue weighted by Gasteiger charge is 2.33. The van der Waals surface area contributed by atoms with Crippen LogP contribution in [0.25, 0.3) is 0 Å². The molecule has 0 fully saturated rings. The zero-order valence-electron chi connectivity index (χ0n) is 31.0. The van der Waals surface area contributed by atoms with Crippen LogP contribution in [0.3, 0.4) is 0 Å². The van der Waals surface area contributed by atoms with E-state index in [-0.39, 0.29) is 25.2 Å². The summed E-state index contributed by atoms with van der Waals surface area (Å²) in [6, 6.07) is 17.4. The number of ether oxygens (including phenoxy) is 1. The number of primary amides is 1. The quantitative estimate of drug-likeness (QED) is 0.0707. The van der Waals surface area contributed by atoms with Crippen molar-refractivity contribution in [1.29, 1.82) is 0 Å². The van der Waals surface area contributed by atoms with E-state index in [0.717, 1.165) is 0 Å². The van der Waals surface area contributed by atoms with Gasteiger partial charge in [0.15, 0.2) is 0 Å². The summed E-state index contributed by atoms with van der Waals surface area (Å²) >= 11 is 0. The minimum absolute atomic E-state index is 0.0453. The minimum Gasteiger partial charge on any atom is -0.508 e. The zero-order valence-corrected chi connectivity index (χ0v) is 31.0. The molecule has 16 heteroatoms. The third kappa shape index (κ3) is 14.9. The number of amides is 6. The van der Waals surface area contributed by atoms with Crippen molar-refractivity contribution in [2.45, 2.75) is 76.8 Å². The summed E-state index contributed by atoms with van der Waals surface area (Å²) in [5, 5.41) is 22.1. The number of esters is 1. The molecule has 10 N–H and O–H groups in total. The van der Waals surface area contributed by atoms with E-state index in [1.54, 1.807) is 86.6 Å². The van der Waals surface area contributed by atoms with Crippen molar-refractivity contribution in [2.24, 2.45) is 17.4 Å². The van der Waals surface area contributed by atoms with E-state index >= 15 is 0 Å². The molecule has 0 spiro atoms. The van der Waals surface area contributed by atoms with Gasteiger partial charge < -0.3 is 47.9 Å². The van der Waals surface area contributed by atoms with Crippen LogP contribution in [-0.4, -0.2) is 83.3 Å². The van der Waals surface area contributed by atoms with Crippen molar-refractivity contribution >= 4 is 41.4 Å². The molecule has 16 nitrogen and oxygen atoms in total. The number of rotatable bonds is 20. The standard InChI is InChI=1S/C39H49N7O9/c1-23(2)34(39(54)42-21-32(41)48)46-38(53)31(20-33(49)55-22-27-12-8-5-9-13-27)45-37(52)30(19-25-10-6-4-7-11-25)44-35(50)24(3)43-36(51)29(40)18-26-14-16-28(47)17-15-26/h4-17,23-24,29-31,34,47H,18-22,40H2,1-3H3,(H2,41,48)(H,42,54)(H,43,51)(H,44,50)(H,45,52)(H,46,53)/t24-,29+,30+,31+,34+/m1/s1. The molecule has 0 heterocycles. The van der Waals surface area contributed by atoms with Crippen molar-refractivity contribution < 1.29 is 43.4 Å². The number of nitrogens with one attached hydrogen (secondary N) is 5. The number of aromatic hydroxyl groups is 1. The number of benzene rings is 3. The monoisotopic (exact) mass is 759 g/mol. The summed E-state index contributed by atoms with van der Waals surface area (Å²) in [6.07, 6.45) is -0.562. The predicted molar refractivity (Wildman–Crippen MR) is 201 cm³/mol. The van der Waals surface area contributed by atoms with Crippen LogP contribution in [0.5, 0.6) is 5.75 Å². The molecule has 0 aliphatic carbocycles. The molecule has 0 bridgehead atoms. The van der Waals surface area contributed by atoms with Gasteiger partial charge in [-0.1, -0.05) is 86.6 Å². The zero-order chi connectivity index (χ0) is 40.5. The van der Waals surface area contributed by atoms with E-state index in [9.17, 15) is 38.7 Å². The van der Waals surface area contributed by atoms with Crippen LogP contribution in [0.2, 0.25) is 0 Å². The van der Waals surface area contributed by atoms with Crippen LogP contribution < -0.4 is 38.1 Å². The van der Waals surface area contributed by atoms with Crippen molar-refractivity contribution in [3.05, 3.63) is 102 Å². The minimum atomic E-state index is -1.58. The lowest BCUT2D eigenvalue weighted by molar-refractivity contribution is -0.147. The van der Waals surface area contributed by atoms with Gasteiger partial charge in [-0.25, -0.2) is 0 Å². The fourth-order valence-electron chi connectivity index (χ4n) is 5.24. The Morgan fingerprint density at radius 1 is 0.636 bits per heavy atom. The highest BCUT2D eigenvalue weighted by atomic mass is 16.5. The lowest BCUT2D eigenvalue weighted by Crippen LogP contribution is -2.60. The molecule has 0 saturated carbocycles. The first-order valence-electron chi connectivity index (χ1n) is 17.7. The van der Waals surface area contributed by atoms with Crippen molar-refractivity contribution in [3.63, 3.8) is 0 Å². The Morgan fingerprint density at radius 3 is 1.76 bits per heavy atom. The second-order valence-corrected chi connectivity index (χ2v) is 13.3. The topological polar surface area (TPSA) is 261 Å². The number of hydrogen-bond donors (Lipinski definition) is 8. The lowest BCUT2D eigenvalue weighted by atomic mass is 10.0. The van der Waals surface area contributed by atoms with E-state index < -0.39 is 90.5 Å². The Hall–Kier alpha value is -6.29. The molecule has 55 heavy (non-hydrogen) atoms. The molecule has 3 aromatic rings. The van der Waals surface area contributed by atoms with Crippen molar-refractivity contribution in [2.75, 3.05) is 6.54 Å². The first-order valence-corrected chi connectivity index (χ1v) is 17.7. The summed E-state index contributed by atoms with van der Waals surface area (Å²) in [5.41, 5.74) is 13.2. The van der Waals surface area contributed by atoms with Gasteiger partial charge in [0, 0.05) is 6.42 Å². The third-order valence-corrected chi connectivity index (χ3v) is 8.33. The second kappa shape index (κ2) is 21.4. The van der Waals surface area contributed by atoms with E-state index in [1.807, 2.05) is 0 Å². The summed E-state index contributed by atoms with van der Waals surface area (Å²) in [6.45, 7) is 4.10. The van der Waals surface area contributed by atoms with Crippen molar-refractivity contribution in [1.82, 2.24) is 26.6 Å². The summed E-state index contributed by atoms with van der Waals surface area (Å²) in [5.74, 6) is -5.93. The number of nitrogens with two attached hydrogens (primary N) is 2. The molecule has 0 aliphatic heterocycles. The van der Waals surface area contributed by atoms with E-state index in [2.05, 4.69) is 26.6 Å². The van der Waals surface area contributed by atoms with Gasteiger partial charge in [0.1, 0.15) is 36.5 Å². The Bertz CT molecular complexity index is 1770. The average Bonchev–Trinajstić information content (AvgIpc) is 3.15. The molecule has 3 aromatic carbocycles. The van der Waals surface area contributed by atoms with Crippen LogP contribution in [0, 0.1) is 5.92 Å². The van der Waals surface area contributed by atoms with Gasteiger partial charge >= 0.3 is 5.97 Å². The molecule has 3 rings (SSSR count). The fourth-order valence-corrected chi connectivity index (χ4v) is 5.24. The van der Waals surface area contributed by atoms with Crippen LogP contribution in [0.15, 0.2) is 84.9 Å². The smallest absolute Gasteiger partial charge is 0.308 e.